The Morgan fingerprint density at radius 3 is 3.00 bits per heavy atom. The molecule has 0 saturated carbocycles. The minimum absolute atomic E-state index is 0.392. The van der Waals surface area contributed by atoms with Crippen LogP contribution in [0.2, 0.25) is 0 Å². The third kappa shape index (κ3) is 3.30. The molecule has 2 N–H and O–H groups in total. The summed E-state index contributed by atoms with van der Waals surface area (Å²) in [4.78, 5) is 11.8. The van der Waals surface area contributed by atoms with Gasteiger partial charge in [-0.05, 0) is 18.8 Å². The summed E-state index contributed by atoms with van der Waals surface area (Å²) < 4.78 is 12.1. The normalized spacial score (nSPS) is 18.6. The number of nitrogens with zero attached hydrogens (tertiary/aromatic N) is 2. The molecular weight excluding hydrogens is 234 g/mol. The van der Waals surface area contributed by atoms with Gasteiger partial charge in [0.15, 0.2) is 0 Å². The van der Waals surface area contributed by atoms with E-state index in [-0.39, 0.29) is 0 Å². The van der Waals surface area contributed by atoms with Crippen molar-refractivity contribution in [3.63, 3.8) is 0 Å². The van der Waals surface area contributed by atoms with Crippen LogP contribution >= 0.6 is 0 Å². The summed E-state index contributed by atoms with van der Waals surface area (Å²) in [5, 5.41) is 3.98. The number of nitrogens with two attached hydrogens (primary N) is 1. The largest absolute Gasteiger partial charge is 0.464 e. The van der Waals surface area contributed by atoms with Crippen molar-refractivity contribution in [2.24, 2.45) is 18.7 Å². The van der Waals surface area contributed by atoms with E-state index in [1.807, 2.05) is 0 Å². The quantitative estimate of drug-likeness (QED) is 0.785. The van der Waals surface area contributed by atoms with E-state index in [0.717, 1.165) is 26.1 Å². The highest BCUT2D eigenvalue weighted by Crippen LogP contribution is 2.16. The molecule has 1 saturated heterocycles. The lowest BCUT2D eigenvalue weighted by atomic mass is 10.0. The van der Waals surface area contributed by atoms with Crippen molar-refractivity contribution >= 4 is 5.97 Å². The van der Waals surface area contributed by atoms with Crippen molar-refractivity contribution in [3.05, 3.63) is 18.0 Å². The van der Waals surface area contributed by atoms with Gasteiger partial charge in [0.1, 0.15) is 6.04 Å². The minimum Gasteiger partial charge on any atom is -0.464 e. The number of carbonyl (C=O) groups is 1. The maximum absolute atomic E-state index is 11.8. The third-order valence-electron chi connectivity index (χ3n) is 3.14. The number of hydrogen-bond donors (Lipinski definition) is 1. The van der Waals surface area contributed by atoms with Crippen LogP contribution in [0.4, 0.5) is 0 Å². The van der Waals surface area contributed by atoms with Crippen LogP contribution in [0.3, 0.4) is 0 Å². The first-order chi connectivity index (χ1) is 8.66. The number of ether oxygens (including phenoxy) is 2. The Labute approximate surface area is 106 Å². The highest BCUT2D eigenvalue weighted by atomic mass is 16.5. The molecule has 6 heteroatoms. The average Bonchev–Trinajstić information content (AvgIpc) is 2.83. The predicted molar refractivity (Wildman–Crippen MR) is 64.6 cm³/mol. The highest BCUT2D eigenvalue weighted by molar-refractivity contribution is 5.77. The molecule has 1 aromatic heterocycles. The molecule has 1 aliphatic rings. The van der Waals surface area contributed by atoms with Gasteiger partial charge < -0.3 is 15.2 Å². The van der Waals surface area contributed by atoms with Crippen molar-refractivity contribution < 1.29 is 14.3 Å². The van der Waals surface area contributed by atoms with Crippen LogP contribution in [0.15, 0.2) is 12.4 Å². The van der Waals surface area contributed by atoms with Crippen molar-refractivity contribution in [1.29, 1.82) is 0 Å². The Morgan fingerprint density at radius 1 is 1.67 bits per heavy atom. The lowest BCUT2D eigenvalue weighted by molar-refractivity contribution is -0.147. The molecule has 1 unspecified atom stereocenters. The first kappa shape index (κ1) is 13.0. The van der Waals surface area contributed by atoms with E-state index in [4.69, 9.17) is 15.2 Å². The number of carbonyl (C=O) groups excluding carboxylic acids is 1. The van der Waals surface area contributed by atoms with Gasteiger partial charge in [0.2, 0.25) is 0 Å². The molecule has 2 heterocycles. The second-order valence-electron chi connectivity index (χ2n) is 4.61. The van der Waals surface area contributed by atoms with Crippen LogP contribution < -0.4 is 5.73 Å². The molecular formula is C12H19N3O3. The van der Waals surface area contributed by atoms with Gasteiger partial charge in [-0.3, -0.25) is 4.68 Å². The predicted octanol–water partition coefficient (Wildman–Crippen LogP) is 0.390. The van der Waals surface area contributed by atoms with Gasteiger partial charge in [-0.1, -0.05) is 0 Å². The summed E-state index contributed by atoms with van der Waals surface area (Å²) in [6.45, 7) is 1.92. The van der Waals surface area contributed by atoms with Crippen molar-refractivity contribution in [2.45, 2.75) is 18.9 Å². The summed E-state index contributed by atoms with van der Waals surface area (Å²) in [5.74, 6) is -0.00158. The van der Waals surface area contributed by atoms with Gasteiger partial charge in [0.05, 0.1) is 12.8 Å². The van der Waals surface area contributed by atoms with E-state index in [2.05, 4.69) is 5.10 Å². The standard InChI is InChI=1S/C12H19N3O3/c1-15-7-10(6-14-15)11(13)12(16)18-8-9-2-4-17-5-3-9/h6-7,9,11H,2-5,8,13H2,1H3. The van der Waals surface area contributed by atoms with E-state index in [1.165, 1.54) is 0 Å². The van der Waals surface area contributed by atoms with E-state index >= 15 is 0 Å². The van der Waals surface area contributed by atoms with Crippen molar-refractivity contribution in [1.82, 2.24) is 9.78 Å². The molecule has 0 spiro atoms. The van der Waals surface area contributed by atoms with E-state index in [1.54, 1.807) is 24.1 Å². The Kier molecular flexibility index (Phi) is 4.33. The van der Waals surface area contributed by atoms with Gasteiger partial charge in [0, 0.05) is 32.0 Å². The van der Waals surface area contributed by atoms with Crippen LogP contribution in [0.1, 0.15) is 24.4 Å². The van der Waals surface area contributed by atoms with Crippen LogP contribution in [0.25, 0.3) is 0 Å². The first-order valence-corrected chi connectivity index (χ1v) is 6.15. The van der Waals surface area contributed by atoms with Crippen LogP contribution in [-0.4, -0.2) is 35.6 Å². The lowest BCUT2D eigenvalue weighted by Gasteiger charge is -2.22. The van der Waals surface area contributed by atoms with E-state index < -0.39 is 12.0 Å². The van der Waals surface area contributed by atoms with Crippen molar-refractivity contribution in [3.8, 4) is 0 Å². The molecule has 0 bridgehead atoms. The zero-order valence-corrected chi connectivity index (χ0v) is 10.5. The Balaban J connectivity index is 1.80. The molecule has 1 atom stereocenters. The van der Waals surface area contributed by atoms with Crippen LogP contribution in [-0.2, 0) is 21.3 Å². The molecule has 6 nitrogen and oxygen atoms in total. The van der Waals surface area contributed by atoms with Gasteiger partial charge >= 0.3 is 5.97 Å². The maximum atomic E-state index is 11.8. The smallest absolute Gasteiger partial charge is 0.327 e. The van der Waals surface area contributed by atoms with Gasteiger partial charge in [-0.2, -0.15) is 5.10 Å². The minimum atomic E-state index is -0.751. The molecule has 1 aromatic rings. The molecule has 100 valence electrons. The Bertz CT molecular complexity index is 399. The summed E-state index contributed by atoms with van der Waals surface area (Å²) in [7, 11) is 1.78. The number of aryl methyl sites for hydroxylation is 1. The summed E-state index contributed by atoms with van der Waals surface area (Å²) >= 11 is 0. The first-order valence-electron chi connectivity index (χ1n) is 6.15. The van der Waals surface area contributed by atoms with E-state index in [9.17, 15) is 4.79 Å². The van der Waals surface area contributed by atoms with Gasteiger partial charge in [-0.15, -0.1) is 0 Å². The number of esters is 1. The fraction of sp³-hybridized carbons (Fsp3) is 0.667. The van der Waals surface area contributed by atoms with Gasteiger partial charge in [0.25, 0.3) is 0 Å². The number of aromatic nitrogens is 2. The molecule has 0 aromatic carbocycles. The average molecular weight is 253 g/mol. The molecule has 0 radical (unpaired) electrons. The molecule has 2 rings (SSSR count). The molecule has 0 aliphatic carbocycles. The molecule has 1 fully saturated rings. The Morgan fingerprint density at radius 2 is 2.39 bits per heavy atom. The summed E-state index contributed by atoms with van der Waals surface area (Å²) in [6, 6.07) is -0.751. The maximum Gasteiger partial charge on any atom is 0.327 e. The zero-order chi connectivity index (χ0) is 13.0. The van der Waals surface area contributed by atoms with E-state index in [0.29, 0.717) is 18.1 Å². The molecule has 1 aliphatic heterocycles. The number of hydrogen-bond acceptors (Lipinski definition) is 5. The second-order valence-corrected chi connectivity index (χ2v) is 4.61. The van der Waals surface area contributed by atoms with Crippen LogP contribution in [0.5, 0.6) is 0 Å². The Hall–Kier alpha value is -1.40. The second kappa shape index (κ2) is 5.97. The SMILES string of the molecule is Cn1cc(C(N)C(=O)OCC2CCOCC2)cn1. The lowest BCUT2D eigenvalue weighted by Crippen LogP contribution is -2.27. The fourth-order valence-corrected chi connectivity index (χ4v) is 1.94. The monoisotopic (exact) mass is 253 g/mol. The molecule has 0 amide bonds. The van der Waals surface area contributed by atoms with Crippen molar-refractivity contribution in [2.75, 3.05) is 19.8 Å². The topological polar surface area (TPSA) is 79.4 Å². The zero-order valence-electron chi connectivity index (χ0n) is 10.5. The number of rotatable bonds is 4. The third-order valence-corrected chi connectivity index (χ3v) is 3.14. The van der Waals surface area contributed by atoms with Gasteiger partial charge in [-0.25, -0.2) is 4.79 Å². The highest BCUT2D eigenvalue weighted by Gasteiger charge is 2.21. The summed E-state index contributed by atoms with van der Waals surface area (Å²) in [5.41, 5.74) is 6.49. The van der Waals surface area contributed by atoms with Crippen LogP contribution in [0, 0.1) is 5.92 Å². The summed E-state index contributed by atoms with van der Waals surface area (Å²) in [6.07, 6.45) is 5.19. The fourth-order valence-electron chi connectivity index (χ4n) is 1.94. The molecule has 18 heavy (non-hydrogen) atoms.